The summed E-state index contributed by atoms with van der Waals surface area (Å²) >= 11 is 0. The van der Waals surface area contributed by atoms with E-state index in [0.717, 1.165) is 155 Å². The molecule has 17 rings (SSSR count). The summed E-state index contributed by atoms with van der Waals surface area (Å²) in [6, 6.07) is 95.5. The molecule has 0 atom stereocenters. The highest BCUT2D eigenvalue weighted by atomic mass is 16.3. The smallest absolute Gasteiger partial charge is 0.145 e. The molecule has 0 unspecified atom stereocenters. The van der Waals surface area contributed by atoms with Crippen molar-refractivity contribution in [3.05, 3.63) is 278 Å². The number of para-hydroxylation sites is 8. The van der Waals surface area contributed by atoms with E-state index in [1.165, 1.54) is 0 Å². The second-order valence-corrected chi connectivity index (χ2v) is 21.2. The van der Waals surface area contributed by atoms with Crippen LogP contribution < -0.4 is 9.80 Å². The average molecular weight is 1040 g/mol. The molecule has 0 aliphatic heterocycles. The van der Waals surface area contributed by atoms with E-state index >= 15 is 0 Å². The van der Waals surface area contributed by atoms with E-state index < -0.39 is 0 Å². The topological polar surface area (TPSA) is 55.8 Å². The molecule has 0 bridgehead atoms. The lowest BCUT2D eigenvalue weighted by Gasteiger charge is -2.26. The van der Waals surface area contributed by atoms with E-state index in [2.05, 4.69) is 262 Å². The molecule has 5 aromatic heterocycles. The highest BCUT2D eigenvalue weighted by molar-refractivity contribution is 6.30. The average Bonchev–Trinajstić information content (AvgIpc) is 2.65. The Balaban J connectivity index is 1.02. The van der Waals surface area contributed by atoms with Gasteiger partial charge in [0.25, 0.3) is 0 Å². The van der Waals surface area contributed by atoms with Gasteiger partial charge in [-0.25, -0.2) is 0 Å². The summed E-state index contributed by atoms with van der Waals surface area (Å²) in [5.41, 5.74) is 18.3. The maximum atomic E-state index is 7.80. The molecule has 0 saturated heterocycles. The molecule has 0 spiro atoms. The van der Waals surface area contributed by atoms with E-state index in [9.17, 15) is 0 Å². The van der Waals surface area contributed by atoms with Crippen LogP contribution in [-0.2, 0) is 13.1 Å². The van der Waals surface area contributed by atoms with Gasteiger partial charge in [-0.15, -0.1) is 0 Å². The van der Waals surface area contributed by atoms with E-state index in [-0.39, 0.29) is 0 Å². The summed E-state index contributed by atoms with van der Waals surface area (Å²) in [5.74, 6) is 0. The number of anilines is 4. The van der Waals surface area contributed by atoms with Crippen LogP contribution in [0.5, 0.6) is 0 Å². The molecular formula is C74H48N4O3. The molecule has 5 heterocycles. The first kappa shape index (κ1) is 45.3. The standard InChI is InChI=1S/C74H48N4O3/c1-5-21-49(22-6-1)75(50-23-7-2-8-24-50)45-47-41-61-62-42-48(46-76(51-25-9-3-10-26-51)52-27-11-4-12-28-52)72-70(58-32-14-18-34-64(58)78(72)54-38-40-68-60(44-54)56-30-16-20-36-66(56)80-68)74(62)81-73(61)69-57-31-13-17-33-63(57)77(71(47)69)53-37-39-67-59(43-53)55-29-15-19-35-65(55)79-67/h1-44H,45-46H2. The number of hydrogen-bond acceptors (Lipinski definition) is 5. The van der Waals surface area contributed by atoms with E-state index in [1.54, 1.807) is 0 Å². The number of rotatable bonds is 10. The Morgan fingerprint density at radius 2 is 0.605 bits per heavy atom. The van der Waals surface area contributed by atoms with Gasteiger partial charge in [0.05, 0.1) is 45.9 Å². The number of nitrogens with zero attached hydrogens (tertiary/aromatic N) is 4. The maximum absolute atomic E-state index is 7.80. The van der Waals surface area contributed by atoms with Crippen molar-refractivity contribution in [2.45, 2.75) is 13.1 Å². The molecule has 7 nitrogen and oxygen atoms in total. The molecule has 0 N–H and O–H groups in total. The van der Waals surface area contributed by atoms with E-state index in [0.29, 0.717) is 13.1 Å². The monoisotopic (exact) mass is 1040 g/mol. The maximum Gasteiger partial charge on any atom is 0.145 e. The second kappa shape index (κ2) is 17.9. The molecule has 382 valence electrons. The lowest BCUT2D eigenvalue weighted by atomic mass is 9.99. The summed E-state index contributed by atoms with van der Waals surface area (Å²) in [7, 11) is 0. The van der Waals surface area contributed by atoms with Crippen LogP contribution in [0.25, 0.3) is 121 Å². The van der Waals surface area contributed by atoms with Crippen molar-refractivity contribution >= 4 is 132 Å². The van der Waals surface area contributed by atoms with Crippen molar-refractivity contribution in [2.24, 2.45) is 0 Å². The molecule has 0 aliphatic rings. The van der Waals surface area contributed by atoms with Crippen LogP contribution in [0.1, 0.15) is 11.1 Å². The minimum atomic E-state index is 0.565. The van der Waals surface area contributed by atoms with Crippen LogP contribution in [0.15, 0.2) is 280 Å². The predicted octanol–water partition coefficient (Wildman–Crippen LogP) is 20.3. The molecule has 0 fully saturated rings. The molecule has 81 heavy (non-hydrogen) atoms. The fourth-order valence-electron chi connectivity index (χ4n) is 13.1. The van der Waals surface area contributed by atoms with Gasteiger partial charge in [0, 0.05) is 77.2 Å². The SMILES string of the molecule is c1ccc(N(Cc2cc3c4cc(CN(c5ccccc5)c5ccccc5)c5c(c6ccccc6n5-c5ccc6oc7ccccc7c6c5)c4oc3c3c4ccccc4n(-c4ccc5oc6ccccc6c5c4)c23)c2ccccc2)cc1. The first-order valence-corrected chi connectivity index (χ1v) is 27.6. The van der Waals surface area contributed by atoms with Crippen molar-refractivity contribution in [1.82, 2.24) is 9.13 Å². The predicted molar refractivity (Wildman–Crippen MR) is 334 cm³/mol. The van der Waals surface area contributed by atoms with Crippen molar-refractivity contribution in [3.8, 4) is 11.4 Å². The van der Waals surface area contributed by atoms with Gasteiger partial charge in [-0.2, -0.15) is 0 Å². The van der Waals surface area contributed by atoms with E-state index in [4.69, 9.17) is 13.3 Å². The van der Waals surface area contributed by atoms with E-state index in [1.807, 2.05) is 24.3 Å². The summed E-state index contributed by atoms with van der Waals surface area (Å²) < 4.78 is 25.6. The van der Waals surface area contributed by atoms with Crippen molar-refractivity contribution in [1.29, 1.82) is 0 Å². The third-order valence-electron chi connectivity index (χ3n) is 16.6. The van der Waals surface area contributed by atoms with Gasteiger partial charge in [-0.3, -0.25) is 0 Å². The highest BCUT2D eigenvalue weighted by Gasteiger charge is 2.29. The normalized spacial score (nSPS) is 12.0. The highest BCUT2D eigenvalue weighted by Crippen LogP contribution is 2.49. The minimum absolute atomic E-state index is 0.565. The quantitative estimate of drug-likeness (QED) is 0.137. The first-order chi connectivity index (χ1) is 40.2. The minimum Gasteiger partial charge on any atom is -0.456 e. The van der Waals surface area contributed by atoms with Gasteiger partial charge < -0.3 is 32.2 Å². The molecule has 0 radical (unpaired) electrons. The zero-order valence-electron chi connectivity index (χ0n) is 43.8. The summed E-state index contributed by atoms with van der Waals surface area (Å²) in [5, 5.41) is 10.8. The Hall–Kier alpha value is -10.8. The third-order valence-corrected chi connectivity index (χ3v) is 16.6. The van der Waals surface area contributed by atoms with Gasteiger partial charge in [-0.05, 0) is 132 Å². The first-order valence-electron chi connectivity index (χ1n) is 27.6. The Morgan fingerprint density at radius 3 is 1.00 bits per heavy atom. The molecular weight excluding hydrogens is 993 g/mol. The Bertz CT molecular complexity index is 4890. The van der Waals surface area contributed by atoms with Gasteiger partial charge >= 0.3 is 0 Å². The summed E-state index contributed by atoms with van der Waals surface area (Å²) in [6.07, 6.45) is 0. The second-order valence-electron chi connectivity index (χ2n) is 21.2. The lowest BCUT2D eigenvalue weighted by Crippen LogP contribution is -2.17. The van der Waals surface area contributed by atoms with Crippen molar-refractivity contribution in [3.63, 3.8) is 0 Å². The van der Waals surface area contributed by atoms with Crippen LogP contribution in [0, 0.1) is 0 Å². The van der Waals surface area contributed by atoms with Crippen molar-refractivity contribution in [2.75, 3.05) is 9.80 Å². The molecule has 0 saturated carbocycles. The third kappa shape index (κ3) is 7.02. The zero-order valence-corrected chi connectivity index (χ0v) is 43.8. The lowest BCUT2D eigenvalue weighted by molar-refractivity contribution is 0.668. The number of aromatic nitrogens is 2. The Labute approximate surface area is 464 Å². The fraction of sp³-hybridized carbons (Fsp3) is 0.0270. The molecule has 0 amide bonds. The van der Waals surface area contributed by atoms with Gasteiger partial charge in [0.1, 0.15) is 33.5 Å². The van der Waals surface area contributed by atoms with Crippen molar-refractivity contribution < 1.29 is 13.3 Å². The summed E-state index contributed by atoms with van der Waals surface area (Å²) in [4.78, 5) is 4.87. The molecule has 12 aromatic carbocycles. The van der Waals surface area contributed by atoms with Crippen LogP contribution in [0.4, 0.5) is 22.7 Å². The number of fused-ring (bicyclic) bond motifs is 17. The number of furan rings is 3. The van der Waals surface area contributed by atoms with Crippen LogP contribution in [0.2, 0.25) is 0 Å². The van der Waals surface area contributed by atoms with Crippen LogP contribution >= 0.6 is 0 Å². The Kier molecular flexibility index (Phi) is 10.0. The van der Waals surface area contributed by atoms with Gasteiger partial charge in [0.15, 0.2) is 0 Å². The number of hydrogen-bond donors (Lipinski definition) is 0. The molecule has 7 heteroatoms. The Morgan fingerprint density at radius 1 is 0.272 bits per heavy atom. The van der Waals surface area contributed by atoms with Crippen LogP contribution in [0.3, 0.4) is 0 Å². The van der Waals surface area contributed by atoms with Crippen LogP contribution in [-0.4, -0.2) is 9.13 Å². The molecule has 0 aliphatic carbocycles. The van der Waals surface area contributed by atoms with Gasteiger partial charge in [0.2, 0.25) is 0 Å². The molecule has 17 aromatic rings. The van der Waals surface area contributed by atoms with Gasteiger partial charge in [-0.1, -0.05) is 146 Å². The fourth-order valence-corrected chi connectivity index (χ4v) is 13.1. The summed E-state index contributed by atoms with van der Waals surface area (Å²) in [6.45, 7) is 1.13. The number of benzene rings is 12. The zero-order chi connectivity index (χ0) is 53.1. The largest absolute Gasteiger partial charge is 0.456 e.